The van der Waals surface area contributed by atoms with Gasteiger partial charge in [-0.2, -0.15) is 4.98 Å². The normalized spacial score (nSPS) is 19.2. The standard InChI is InChI=1S/C11H16N4O4/c1-7-13-9(14-19-7)5-12-11(18)15-4-2-3-8(6-15)10(16)17/h8H,2-6H2,1H3,(H,12,18)(H,16,17)/t8-/m1/s1. The van der Waals surface area contributed by atoms with Crippen molar-refractivity contribution in [3.8, 4) is 0 Å². The average molecular weight is 268 g/mol. The summed E-state index contributed by atoms with van der Waals surface area (Å²) in [5, 5.41) is 15.3. The number of carbonyl (C=O) groups is 2. The van der Waals surface area contributed by atoms with Crippen LogP contribution in [0.2, 0.25) is 0 Å². The molecule has 8 nitrogen and oxygen atoms in total. The summed E-state index contributed by atoms with van der Waals surface area (Å²) >= 11 is 0. The van der Waals surface area contributed by atoms with Crippen LogP contribution in [0.5, 0.6) is 0 Å². The molecular weight excluding hydrogens is 252 g/mol. The number of urea groups is 1. The van der Waals surface area contributed by atoms with Crippen LogP contribution in [0.15, 0.2) is 4.52 Å². The molecule has 0 aromatic carbocycles. The first-order valence-electron chi connectivity index (χ1n) is 6.11. The summed E-state index contributed by atoms with van der Waals surface area (Å²) in [6.45, 7) is 2.65. The number of rotatable bonds is 3. The van der Waals surface area contributed by atoms with Crippen molar-refractivity contribution >= 4 is 12.0 Å². The average Bonchev–Trinajstić information content (AvgIpc) is 2.82. The number of aliphatic carboxylic acids is 1. The minimum absolute atomic E-state index is 0.171. The van der Waals surface area contributed by atoms with Gasteiger partial charge in [0.1, 0.15) is 0 Å². The molecule has 1 aromatic heterocycles. The van der Waals surface area contributed by atoms with Gasteiger partial charge in [-0.1, -0.05) is 5.16 Å². The fourth-order valence-electron chi connectivity index (χ4n) is 2.04. The van der Waals surface area contributed by atoms with E-state index in [2.05, 4.69) is 15.5 Å². The third-order valence-corrected chi connectivity index (χ3v) is 3.03. The molecule has 0 bridgehead atoms. The van der Waals surface area contributed by atoms with Gasteiger partial charge in [-0.05, 0) is 12.8 Å². The number of aromatic nitrogens is 2. The van der Waals surface area contributed by atoms with E-state index in [1.807, 2.05) is 0 Å². The summed E-state index contributed by atoms with van der Waals surface area (Å²) < 4.78 is 4.79. The monoisotopic (exact) mass is 268 g/mol. The van der Waals surface area contributed by atoms with Gasteiger partial charge < -0.3 is 19.8 Å². The van der Waals surface area contributed by atoms with Crippen LogP contribution < -0.4 is 5.32 Å². The van der Waals surface area contributed by atoms with Crippen LogP contribution in [0.1, 0.15) is 24.6 Å². The molecule has 0 unspecified atom stereocenters. The molecule has 8 heteroatoms. The van der Waals surface area contributed by atoms with Crippen molar-refractivity contribution in [2.45, 2.75) is 26.3 Å². The molecule has 104 valence electrons. The van der Waals surface area contributed by atoms with E-state index in [4.69, 9.17) is 9.63 Å². The Balaban J connectivity index is 1.84. The molecule has 0 radical (unpaired) electrons. The van der Waals surface area contributed by atoms with Gasteiger partial charge >= 0.3 is 12.0 Å². The first-order valence-corrected chi connectivity index (χ1v) is 6.11. The predicted molar refractivity (Wildman–Crippen MR) is 63.2 cm³/mol. The second-order valence-electron chi connectivity index (χ2n) is 4.51. The van der Waals surface area contributed by atoms with E-state index in [1.165, 1.54) is 4.90 Å². The Bertz CT molecular complexity index is 473. The summed E-state index contributed by atoms with van der Waals surface area (Å²) in [6.07, 6.45) is 1.31. The summed E-state index contributed by atoms with van der Waals surface area (Å²) in [5.41, 5.74) is 0. The minimum Gasteiger partial charge on any atom is -0.481 e. The summed E-state index contributed by atoms with van der Waals surface area (Å²) in [7, 11) is 0. The molecule has 2 heterocycles. The van der Waals surface area contributed by atoms with Crippen molar-refractivity contribution in [1.29, 1.82) is 0 Å². The molecule has 2 rings (SSSR count). The van der Waals surface area contributed by atoms with Crippen molar-refractivity contribution in [2.24, 2.45) is 5.92 Å². The van der Waals surface area contributed by atoms with Crippen molar-refractivity contribution < 1.29 is 19.2 Å². The van der Waals surface area contributed by atoms with E-state index in [9.17, 15) is 9.59 Å². The molecule has 1 aliphatic heterocycles. The van der Waals surface area contributed by atoms with E-state index >= 15 is 0 Å². The SMILES string of the molecule is Cc1nc(CNC(=O)N2CCC[C@@H](C(=O)O)C2)no1. The van der Waals surface area contributed by atoms with E-state index in [-0.39, 0.29) is 19.1 Å². The fraction of sp³-hybridized carbons (Fsp3) is 0.636. The largest absolute Gasteiger partial charge is 0.481 e. The number of carbonyl (C=O) groups excluding carboxylic acids is 1. The number of hydrogen-bond donors (Lipinski definition) is 2. The third kappa shape index (κ3) is 3.43. The number of nitrogens with one attached hydrogen (secondary N) is 1. The van der Waals surface area contributed by atoms with Gasteiger partial charge in [0.25, 0.3) is 0 Å². The highest BCUT2D eigenvalue weighted by Gasteiger charge is 2.28. The van der Waals surface area contributed by atoms with Crippen LogP contribution in [0.3, 0.4) is 0 Å². The van der Waals surface area contributed by atoms with Crippen LogP contribution in [0.25, 0.3) is 0 Å². The van der Waals surface area contributed by atoms with Crippen molar-refractivity contribution in [3.63, 3.8) is 0 Å². The van der Waals surface area contributed by atoms with Crippen molar-refractivity contribution in [2.75, 3.05) is 13.1 Å². The first-order chi connectivity index (χ1) is 9.06. The maximum absolute atomic E-state index is 11.9. The zero-order chi connectivity index (χ0) is 13.8. The highest BCUT2D eigenvalue weighted by molar-refractivity contribution is 5.76. The summed E-state index contributed by atoms with van der Waals surface area (Å²) in [6, 6.07) is -0.298. The Hall–Kier alpha value is -2.12. The molecule has 2 N–H and O–H groups in total. The van der Waals surface area contributed by atoms with Gasteiger partial charge in [-0.15, -0.1) is 0 Å². The van der Waals surface area contributed by atoms with Crippen molar-refractivity contribution in [3.05, 3.63) is 11.7 Å². The number of hydrogen-bond acceptors (Lipinski definition) is 5. The molecule has 0 aliphatic carbocycles. The summed E-state index contributed by atoms with van der Waals surface area (Å²) in [4.78, 5) is 28.3. The van der Waals surface area contributed by atoms with Gasteiger partial charge in [0, 0.05) is 20.0 Å². The predicted octanol–water partition coefficient (Wildman–Crippen LogP) is 0.384. The zero-order valence-electron chi connectivity index (χ0n) is 10.6. The number of likely N-dealkylation sites (tertiary alicyclic amines) is 1. The van der Waals surface area contributed by atoms with E-state index < -0.39 is 11.9 Å². The molecule has 1 saturated heterocycles. The summed E-state index contributed by atoms with van der Waals surface area (Å²) in [5.74, 6) is -0.496. The molecule has 1 atom stereocenters. The lowest BCUT2D eigenvalue weighted by Crippen LogP contribution is -2.46. The Morgan fingerprint density at radius 1 is 1.58 bits per heavy atom. The number of aryl methyl sites for hydroxylation is 1. The highest BCUT2D eigenvalue weighted by Crippen LogP contribution is 2.16. The minimum atomic E-state index is -0.855. The van der Waals surface area contributed by atoms with Gasteiger partial charge in [0.05, 0.1) is 12.5 Å². The number of piperidine rings is 1. The van der Waals surface area contributed by atoms with E-state index in [0.717, 1.165) is 0 Å². The molecule has 1 aliphatic rings. The number of carboxylic acids is 1. The quantitative estimate of drug-likeness (QED) is 0.820. The number of nitrogens with zero attached hydrogens (tertiary/aromatic N) is 3. The molecular formula is C11H16N4O4. The Morgan fingerprint density at radius 3 is 3.00 bits per heavy atom. The zero-order valence-corrected chi connectivity index (χ0v) is 10.6. The van der Waals surface area contributed by atoms with Crippen molar-refractivity contribution in [1.82, 2.24) is 20.4 Å². The molecule has 19 heavy (non-hydrogen) atoms. The lowest BCUT2D eigenvalue weighted by Gasteiger charge is -2.30. The number of carboxylic acid groups (broad SMARTS) is 1. The maximum atomic E-state index is 11.9. The molecule has 2 amide bonds. The molecule has 0 spiro atoms. The second-order valence-corrected chi connectivity index (χ2v) is 4.51. The maximum Gasteiger partial charge on any atom is 0.317 e. The van der Waals surface area contributed by atoms with Crippen LogP contribution in [-0.4, -0.2) is 45.2 Å². The van der Waals surface area contributed by atoms with Gasteiger partial charge in [0.15, 0.2) is 5.82 Å². The van der Waals surface area contributed by atoms with Crippen LogP contribution in [-0.2, 0) is 11.3 Å². The molecule has 1 fully saturated rings. The third-order valence-electron chi connectivity index (χ3n) is 3.03. The second kappa shape index (κ2) is 5.68. The Morgan fingerprint density at radius 2 is 2.37 bits per heavy atom. The van der Waals surface area contributed by atoms with Crippen LogP contribution >= 0.6 is 0 Å². The highest BCUT2D eigenvalue weighted by atomic mass is 16.5. The van der Waals surface area contributed by atoms with Crippen LogP contribution in [0.4, 0.5) is 4.79 Å². The number of amides is 2. The first kappa shape index (κ1) is 13.3. The molecule has 1 aromatic rings. The lowest BCUT2D eigenvalue weighted by atomic mass is 9.99. The van der Waals surface area contributed by atoms with Crippen LogP contribution in [0, 0.1) is 12.8 Å². The molecule has 0 saturated carbocycles. The van der Waals surface area contributed by atoms with E-state index in [0.29, 0.717) is 31.1 Å². The fourth-order valence-corrected chi connectivity index (χ4v) is 2.04. The van der Waals surface area contributed by atoms with E-state index in [1.54, 1.807) is 6.92 Å². The van der Waals surface area contributed by atoms with Gasteiger partial charge in [0.2, 0.25) is 5.89 Å². The van der Waals surface area contributed by atoms with Gasteiger partial charge in [-0.25, -0.2) is 4.79 Å². The van der Waals surface area contributed by atoms with Gasteiger partial charge in [-0.3, -0.25) is 4.79 Å². The Kier molecular flexibility index (Phi) is 3.98. The Labute approximate surface area is 109 Å². The smallest absolute Gasteiger partial charge is 0.317 e. The lowest BCUT2D eigenvalue weighted by molar-refractivity contribution is -0.143. The topological polar surface area (TPSA) is 109 Å².